The van der Waals surface area contributed by atoms with Crippen LogP contribution in [0.15, 0.2) is 67.8 Å². The van der Waals surface area contributed by atoms with E-state index in [9.17, 15) is 9.59 Å². The van der Waals surface area contributed by atoms with Gasteiger partial charge in [-0.05, 0) is 66.3 Å². The third kappa shape index (κ3) is 4.03. The van der Waals surface area contributed by atoms with E-state index in [2.05, 4.69) is 26.1 Å². The highest BCUT2D eigenvalue weighted by Gasteiger charge is 2.22. The molecule has 0 N–H and O–H groups in total. The number of benzene rings is 2. The molecule has 1 aliphatic rings. The standard InChI is InChI=1S/C26H21NO4/c1-4-24(28)30-22-13-10-17(15-23(22)31-25(29)5-2)14-18-11-12-20-16(3)19-8-6-7-9-21(19)27-26(18)20/h4-10,13-15H,1-2,11-12H2,3H3. The molecule has 0 radical (unpaired) electrons. The van der Waals surface area contributed by atoms with Gasteiger partial charge in [0.2, 0.25) is 0 Å². The smallest absolute Gasteiger partial charge is 0.335 e. The fourth-order valence-electron chi connectivity index (χ4n) is 3.79. The van der Waals surface area contributed by atoms with Crippen molar-refractivity contribution >= 4 is 34.5 Å². The van der Waals surface area contributed by atoms with Gasteiger partial charge in [0, 0.05) is 17.5 Å². The summed E-state index contributed by atoms with van der Waals surface area (Å²) >= 11 is 0. The molecular weight excluding hydrogens is 390 g/mol. The van der Waals surface area contributed by atoms with Gasteiger partial charge in [-0.25, -0.2) is 14.6 Å². The van der Waals surface area contributed by atoms with Crippen LogP contribution < -0.4 is 9.47 Å². The first-order valence-electron chi connectivity index (χ1n) is 9.92. The van der Waals surface area contributed by atoms with Gasteiger partial charge < -0.3 is 9.47 Å². The van der Waals surface area contributed by atoms with Crippen LogP contribution in [0, 0.1) is 6.92 Å². The minimum absolute atomic E-state index is 0.133. The van der Waals surface area contributed by atoms with Crippen LogP contribution in [0.25, 0.3) is 22.6 Å². The zero-order valence-electron chi connectivity index (χ0n) is 17.2. The molecule has 4 rings (SSSR count). The maximum absolute atomic E-state index is 11.7. The van der Waals surface area contributed by atoms with Gasteiger partial charge in [-0.2, -0.15) is 0 Å². The first-order valence-corrected chi connectivity index (χ1v) is 9.92. The monoisotopic (exact) mass is 411 g/mol. The van der Waals surface area contributed by atoms with Crippen LogP contribution in [-0.2, 0) is 16.0 Å². The van der Waals surface area contributed by atoms with Gasteiger partial charge in [-0.1, -0.05) is 37.4 Å². The average molecular weight is 411 g/mol. The number of para-hydroxylation sites is 1. The average Bonchev–Trinajstić information content (AvgIpc) is 3.18. The molecule has 1 aliphatic carbocycles. The van der Waals surface area contributed by atoms with E-state index in [0.717, 1.165) is 47.3 Å². The van der Waals surface area contributed by atoms with Crippen LogP contribution in [0.4, 0.5) is 0 Å². The van der Waals surface area contributed by atoms with Crippen molar-refractivity contribution in [3.63, 3.8) is 0 Å². The second kappa shape index (κ2) is 8.40. The molecule has 154 valence electrons. The van der Waals surface area contributed by atoms with E-state index in [1.54, 1.807) is 18.2 Å². The second-order valence-corrected chi connectivity index (χ2v) is 7.21. The van der Waals surface area contributed by atoms with Crippen LogP contribution >= 0.6 is 0 Å². The fraction of sp³-hybridized carbons (Fsp3) is 0.115. The van der Waals surface area contributed by atoms with E-state index >= 15 is 0 Å². The fourth-order valence-corrected chi connectivity index (χ4v) is 3.79. The molecule has 3 aromatic rings. The number of rotatable bonds is 5. The number of carbonyl (C=O) groups is 2. The lowest BCUT2D eigenvalue weighted by Gasteiger charge is -2.10. The third-order valence-electron chi connectivity index (χ3n) is 5.29. The predicted molar refractivity (Wildman–Crippen MR) is 121 cm³/mol. The Hall–Kier alpha value is -3.99. The minimum atomic E-state index is -0.643. The van der Waals surface area contributed by atoms with Gasteiger partial charge in [0.15, 0.2) is 11.5 Å². The van der Waals surface area contributed by atoms with Crippen LogP contribution in [0.3, 0.4) is 0 Å². The molecule has 0 amide bonds. The van der Waals surface area contributed by atoms with Crippen LogP contribution in [0.1, 0.15) is 28.8 Å². The molecular formula is C26H21NO4. The summed E-state index contributed by atoms with van der Waals surface area (Å²) in [4.78, 5) is 28.3. The molecule has 0 saturated carbocycles. The van der Waals surface area contributed by atoms with E-state index in [1.165, 1.54) is 16.5 Å². The van der Waals surface area contributed by atoms with Crippen LogP contribution in [0.5, 0.6) is 11.5 Å². The molecule has 0 bridgehead atoms. The van der Waals surface area contributed by atoms with Crippen molar-refractivity contribution < 1.29 is 19.1 Å². The molecule has 0 aliphatic heterocycles. The number of aryl methyl sites for hydroxylation is 1. The summed E-state index contributed by atoms with van der Waals surface area (Å²) in [6, 6.07) is 13.2. The van der Waals surface area contributed by atoms with E-state index < -0.39 is 11.9 Å². The number of hydrogen-bond donors (Lipinski definition) is 0. The topological polar surface area (TPSA) is 65.5 Å². The van der Waals surface area contributed by atoms with Crippen LogP contribution in [0.2, 0.25) is 0 Å². The Morgan fingerprint density at radius 3 is 2.42 bits per heavy atom. The largest absolute Gasteiger partial charge is 0.419 e. The summed E-state index contributed by atoms with van der Waals surface area (Å²) in [5.41, 5.74) is 6.42. The number of fused-ring (bicyclic) bond motifs is 2. The normalized spacial score (nSPS) is 13.6. The number of nitrogens with zero attached hydrogens (tertiary/aromatic N) is 1. The second-order valence-electron chi connectivity index (χ2n) is 7.21. The number of esters is 2. The lowest BCUT2D eigenvalue weighted by atomic mass is 10.0. The van der Waals surface area contributed by atoms with E-state index in [0.29, 0.717) is 0 Å². The predicted octanol–water partition coefficient (Wildman–Crippen LogP) is 5.21. The van der Waals surface area contributed by atoms with Gasteiger partial charge in [0.25, 0.3) is 0 Å². The molecule has 0 unspecified atom stereocenters. The summed E-state index contributed by atoms with van der Waals surface area (Å²) in [5.74, 6) is -1.02. The van der Waals surface area contributed by atoms with Crippen molar-refractivity contribution in [1.29, 1.82) is 0 Å². The molecule has 5 nitrogen and oxygen atoms in total. The van der Waals surface area contributed by atoms with Crippen molar-refractivity contribution in [2.24, 2.45) is 0 Å². The molecule has 0 atom stereocenters. The maximum atomic E-state index is 11.7. The molecule has 5 heteroatoms. The first kappa shape index (κ1) is 20.3. The molecule has 0 fully saturated rings. The number of allylic oxidation sites excluding steroid dienone is 1. The Labute approximate surface area is 180 Å². The van der Waals surface area contributed by atoms with E-state index in [1.807, 2.05) is 24.3 Å². The minimum Gasteiger partial charge on any atom is -0.419 e. The van der Waals surface area contributed by atoms with Gasteiger partial charge in [-0.3, -0.25) is 0 Å². The lowest BCUT2D eigenvalue weighted by molar-refractivity contribution is -0.131. The van der Waals surface area contributed by atoms with Crippen molar-refractivity contribution in [2.75, 3.05) is 0 Å². The number of pyridine rings is 1. The SMILES string of the molecule is C=CC(=O)Oc1ccc(C=C2CCc3c2nc2ccccc2c3C)cc1OC(=O)C=C. The molecule has 0 saturated heterocycles. The summed E-state index contributed by atoms with van der Waals surface area (Å²) in [5, 5.41) is 1.18. The number of hydrogen-bond acceptors (Lipinski definition) is 5. The maximum Gasteiger partial charge on any atom is 0.335 e. The van der Waals surface area contributed by atoms with Crippen molar-refractivity contribution in [2.45, 2.75) is 19.8 Å². The Morgan fingerprint density at radius 1 is 0.968 bits per heavy atom. The highest BCUT2D eigenvalue weighted by Crippen LogP contribution is 2.38. The van der Waals surface area contributed by atoms with Crippen molar-refractivity contribution in [3.8, 4) is 11.5 Å². The van der Waals surface area contributed by atoms with E-state index in [-0.39, 0.29) is 11.5 Å². The highest BCUT2D eigenvalue weighted by molar-refractivity contribution is 5.92. The summed E-state index contributed by atoms with van der Waals surface area (Å²) in [6.07, 6.45) is 5.92. The third-order valence-corrected chi connectivity index (χ3v) is 5.29. The molecule has 31 heavy (non-hydrogen) atoms. The lowest BCUT2D eigenvalue weighted by Crippen LogP contribution is -2.08. The summed E-state index contributed by atoms with van der Waals surface area (Å²) in [7, 11) is 0. The van der Waals surface area contributed by atoms with Gasteiger partial charge in [-0.15, -0.1) is 0 Å². The van der Waals surface area contributed by atoms with Gasteiger partial charge in [0.1, 0.15) is 0 Å². The van der Waals surface area contributed by atoms with Crippen molar-refractivity contribution in [1.82, 2.24) is 4.98 Å². The molecule has 1 aromatic heterocycles. The van der Waals surface area contributed by atoms with Gasteiger partial charge >= 0.3 is 11.9 Å². The number of carbonyl (C=O) groups excluding carboxylic acids is 2. The Balaban J connectivity index is 1.75. The number of aromatic nitrogens is 1. The van der Waals surface area contributed by atoms with Crippen molar-refractivity contribution in [3.05, 3.63) is 90.2 Å². The Bertz CT molecular complexity index is 1270. The highest BCUT2D eigenvalue weighted by atomic mass is 16.6. The summed E-state index contributed by atoms with van der Waals surface area (Å²) in [6.45, 7) is 8.93. The van der Waals surface area contributed by atoms with E-state index in [4.69, 9.17) is 14.5 Å². The molecule has 1 heterocycles. The number of ether oxygens (including phenoxy) is 2. The van der Waals surface area contributed by atoms with Gasteiger partial charge in [0.05, 0.1) is 11.2 Å². The summed E-state index contributed by atoms with van der Waals surface area (Å²) < 4.78 is 10.5. The first-order chi connectivity index (χ1) is 15.0. The zero-order valence-corrected chi connectivity index (χ0v) is 17.2. The van der Waals surface area contributed by atoms with Crippen LogP contribution in [-0.4, -0.2) is 16.9 Å². The Kier molecular flexibility index (Phi) is 5.50. The molecule has 0 spiro atoms. The zero-order chi connectivity index (χ0) is 22.0. The Morgan fingerprint density at radius 2 is 1.68 bits per heavy atom. The molecule has 2 aromatic carbocycles. The quantitative estimate of drug-likeness (QED) is 0.327.